The van der Waals surface area contributed by atoms with Gasteiger partial charge in [0, 0.05) is 35.6 Å². The molecule has 0 saturated heterocycles. The molecule has 2 heterocycles. The summed E-state index contributed by atoms with van der Waals surface area (Å²) in [6, 6.07) is 20.3. The molecule has 5 rings (SSSR count). The van der Waals surface area contributed by atoms with Gasteiger partial charge in [-0.2, -0.15) is 0 Å². The SMILES string of the molecule is COc1ccc2c(=O)n(N)cc(-c3ccc(OC(=O)N4Cc5ccccc5C4)cc3)c2c1. The Kier molecular flexibility index (Phi) is 4.78. The van der Waals surface area contributed by atoms with Crippen LogP contribution >= 0.6 is 0 Å². The van der Waals surface area contributed by atoms with E-state index >= 15 is 0 Å². The Morgan fingerprint density at radius 1 is 0.906 bits per heavy atom. The maximum atomic E-state index is 12.6. The Morgan fingerprint density at radius 2 is 1.56 bits per heavy atom. The van der Waals surface area contributed by atoms with Crippen molar-refractivity contribution in [2.45, 2.75) is 13.1 Å². The molecular weight excluding hydrogens is 406 g/mol. The van der Waals surface area contributed by atoms with Gasteiger partial charge in [-0.1, -0.05) is 36.4 Å². The van der Waals surface area contributed by atoms with E-state index in [0.717, 1.165) is 32.3 Å². The van der Waals surface area contributed by atoms with E-state index in [1.807, 2.05) is 42.5 Å². The van der Waals surface area contributed by atoms with Crippen LogP contribution in [0.4, 0.5) is 4.79 Å². The Hall–Kier alpha value is -4.26. The first kappa shape index (κ1) is 19.7. The molecule has 0 fully saturated rings. The van der Waals surface area contributed by atoms with Gasteiger partial charge in [-0.15, -0.1) is 0 Å². The van der Waals surface area contributed by atoms with Crippen LogP contribution < -0.4 is 20.9 Å². The molecule has 7 nitrogen and oxygen atoms in total. The third kappa shape index (κ3) is 3.43. The zero-order valence-corrected chi connectivity index (χ0v) is 17.4. The van der Waals surface area contributed by atoms with Crippen LogP contribution in [0.15, 0.2) is 77.7 Å². The lowest BCUT2D eigenvalue weighted by Crippen LogP contribution is -2.28. The molecule has 0 saturated carbocycles. The number of nitrogens with two attached hydrogens (primary N) is 1. The molecule has 2 N–H and O–H groups in total. The number of amides is 1. The minimum atomic E-state index is -0.389. The van der Waals surface area contributed by atoms with Crippen molar-refractivity contribution in [1.29, 1.82) is 0 Å². The van der Waals surface area contributed by atoms with Crippen LogP contribution in [0.2, 0.25) is 0 Å². The monoisotopic (exact) mass is 427 g/mol. The summed E-state index contributed by atoms with van der Waals surface area (Å²) in [4.78, 5) is 26.7. The van der Waals surface area contributed by atoms with Gasteiger partial charge in [-0.25, -0.2) is 9.47 Å². The molecule has 7 heteroatoms. The number of nitrogen functional groups attached to an aromatic ring is 1. The molecule has 1 aromatic heterocycles. The van der Waals surface area contributed by atoms with Crippen molar-refractivity contribution in [2.24, 2.45) is 0 Å². The highest BCUT2D eigenvalue weighted by molar-refractivity contribution is 5.96. The van der Waals surface area contributed by atoms with Crippen LogP contribution in [0.5, 0.6) is 11.5 Å². The number of rotatable bonds is 3. The molecule has 4 aromatic rings. The fourth-order valence-corrected chi connectivity index (χ4v) is 4.03. The predicted molar refractivity (Wildman–Crippen MR) is 122 cm³/mol. The number of aromatic nitrogens is 1. The van der Waals surface area contributed by atoms with E-state index in [2.05, 4.69) is 0 Å². The summed E-state index contributed by atoms with van der Waals surface area (Å²) in [5.74, 6) is 6.98. The largest absolute Gasteiger partial charge is 0.497 e. The minimum absolute atomic E-state index is 0.288. The molecule has 0 aliphatic carbocycles. The third-order valence-electron chi connectivity index (χ3n) is 5.72. The summed E-state index contributed by atoms with van der Waals surface area (Å²) in [6.07, 6.45) is 1.20. The van der Waals surface area contributed by atoms with Gasteiger partial charge in [0.2, 0.25) is 0 Å². The summed E-state index contributed by atoms with van der Waals surface area (Å²) < 4.78 is 12.0. The minimum Gasteiger partial charge on any atom is -0.497 e. The van der Waals surface area contributed by atoms with Gasteiger partial charge in [0.1, 0.15) is 11.5 Å². The zero-order valence-electron chi connectivity index (χ0n) is 17.4. The molecule has 32 heavy (non-hydrogen) atoms. The number of pyridine rings is 1. The van der Waals surface area contributed by atoms with Crippen molar-refractivity contribution in [3.8, 4) is 22.6 Å². The number of ether oxygens (including phenoxy) is 2. The number of carbonyl (C=O) groups excluding carboxylic acids is 1. The van der Waals surface area contributed by atoms with E-state index in [1.165, 1.54) is 0 Å². The standard InChI is InChI=1S/C25H21N3O4/c1-31-20-10-11-21-22(12-20)23(15-28(26)24(21)29)16-6-8-19(9-7-16)32-25(30)27-13-17-4-2-3-5-18(17)14-27/h2-12,15H,13-14,26H2,1H3. The Morgan fingerprint density at radius 3 is 2.22 bits per heavy atom. The van der Waals surface area contributed by atoms with Crippen LogP contribution in [0.1, 0.15) is 11.1 Å². The molecule has 0 bridgehead atoms. The topological polar surface area (TPSA) is 86.8 Å². The highest BCUT2D eigenvalue weighted by atomic mass is 16.6. The smallest absolute Gasteiger partial charge is 0.415 e. The number of fused-ring (bicyclic) bond motifs is 2. The maximum absolute atomic E-state index is 12.6. The Balaban J connectivity index is 1.41. The molecule has 0 radical (unpaired) electrons. The second-order valence-corrected chi connectivity index (χ2v) is 7.68. The van der Waals surface area contributed by atoms with Crippen LogP contribution in [0.25, 0.3) is 21.9 Å². The van der Waals surface area contributed by atoms with Gasteiger partial charge in [-0.05, 0) is 47.0 Å². The number of methoxy groups -OCH3 is 1. The lowest BCUT2D eigenvalue weighted by Gasteiger charge is -2.15. The van der Waals surface area contributed by atoms with Crippen LogP contribution in [-0.4, -0.2) is 22.8 Å². The van der Waals surface area contributed by atoms with Gasteiger partial charge in [0.05, 0.1) is 7.11 Å². The molecule has 0 spiro atoms. The molecule has 0 atom stereocenters. The fourth-order valence-electron chi connectivity index (χ4n) is 4.03. The fraction of sp³-hybridized carbons (Fsp3) is 0.120. The number of hydrogen-bond acceptors (Lipinski definition) is 5. The van der Waals surface area contributed by atoms with E-state index in [1.54, 1.807) is 42.5 Å². The maximum Gasteiger partial charge on any atom is 0.415 e. The van der Waals surface area contributed by atoms with Crippen LogP contribution in [0, 0.1) is 0 Å². The Labute approximate surface area is 184 Å². The third-order valence-corrected chi connectivity index (χ3v) is 5.72. The van der Waals surface area contributed by atoms with Crippen molar-refractivity contribution in [3.05, 3.63) is 94.4 Å². The normalized spacial score (nSPS) is 12.6. The summed E-state index contributed by atoms with van der Waals surface area (Å²) in [6.45, 7) is 1.08. The summed E-state index contributed by atoms with van der Waals surface area (Å²) in [5, 5.41) is 1.23. The predicted octanol–water partition coefficient (Wildman–Crippen LogP) is 3.91. The molecule has 1 aliphatic heterocycles. The van der Waals surface area contributed by atoms with Crippen molar-refractivity contribution in [2.75, 3.05) is 13.0 Å². The van der Waals surface area contributed by atoms with Crippen LogP contribution in [-0.2, 0) is 13.1 Å². The highest BCUT2D eigenvalue weighted by Crippen LogP contribution is 2.31. The number of hydrogen-bond donors (Lipinski definition) is 1. The second-order valence-electron chi connectivity index (χ2n) is 7.68. The van der Waals surface area contributed by atoms with E-state index in [9.17, 15) is 9.59 Å². The van der Waals surface area contributed by atoms with Crippen molar-refractivity contribution >= 4 is 16.9 Å². The molecule has 3 aromatic carbocycles. The van der Waals surface area contributed by atoms with Crippen molar-refractivity contribution in [3.63, 3.8) is 0 Å². The van der Waals surface area contributed by atoms with Crippen molar-refractivity contribution in [1.82, 2.24) is 9.58 Å². The van der Waals surface area contributed by atoms with Gasteiger partial charge in [0.25, 0.3) is 5.56 Å². The summed E-state index contributed by atoms with van der Waals surface area (Å²) >= 11 is 0. The lowest BCUT2D eigenvalue weighted by atomic mass is 10.0. The van der Waals surface area contributed by atoms with Gasteiger partial charge in [0.15, 0.2) is 0 Å². The number of benzene rings is 3. The first-order valence-corrected chi connectivity index (χ1v) is 10.2. The number of carbonyl (C=O) groups is 1. The zero-order chi connectivity index (χ0) is 22.2. The van der Waals surface area contributed by atoms with E-state index in [-0.39, 0.29) is 11.7 Å². The van der Waals surface area contributed by atoms with Gasteiger partial charge >= 0.3 is 6.09 Å². The van der Waals surface area contributed by atoms with Gasteiger partial charge < -0.3 is 15.3 Å². The molecule has 0 unspecified atom stereocenters. The van der Waals surface area contributed by atoms with E-state index < -0.39 is 0 Å². The van der Waals surface area contributed by atoms with Crippen molar-refractivity contribution < 1.29 is 14.3 Å². The molecule has 160 valence electrons. The molecule has 1 aliphatic rings. The molecule has 1 amide bonds. The van der Waals surface area contributed by atoms with Gasteiger partial charge in [-0.3, -0.25) is 9.69 Å². The van der Waals surface area contributed by atoms with Crippen LogP contribution in [0.3, 0.4) is 0 Å². The van der Waals surface area contributed by atoms with E-state index in [4.69, 9.17) is 15.3 Å². The highest BCUT2D eigenvalue weighted by Gasteiger charge is 2.24. The lowest BCUT2D eigenvalue weighted by molar-refractivity contribution is 0.152. The average Bonchev–Trinajstić information content (AvgIpc) is 3.26. The summed E-state index contributed by atoms with van der Waals surface area (Å²) in [5.41, 5.74) is 3.59. The first-order chi connectivity index (χ1) is 15.5. The number of nitrogens with zero attached hydrogens (tertiary/aromatic N) is 2. The Bertz CT molecular complexity index is 1370. The average molecular weight is 427 g/mol. The van der Waals surface area contributed by atoms with E-state index in [0.29, 0.717) is 30.0 Å². The quantitative estimate of drug-likeness (QED) is 0.501. The summed E-state index contributed by atoms with van der Waals surface area (Å²) in [7, 11) is 1.58. The second kappa shape index (κ2) is 7.77. The first-order valence-electron chi connectivity index (χ1n) is 10.2. The molecular formula is C25H21N3O4.